The molecule has 0 bridgehead atoms. The van der Waals surface area contributed by atoms with E-state index in [0.29, 0.717) is 18.0 Å². The number of hydrogen-bond donors (Lipinski definition) is 2. The van der Waals surface area contributed by atoms with Gasteiger partial charge in [0.1, 0.15) is 0 Å². The van der Waals surface area contributed by atoms with Crippen molar-refractivity contribution in [2.75, 3.05) is 0 Å². The van der Waals surface area contributed by atoms with Crippen molar-refractivity contribution in [2.24, 2.45) is 5.92 Å². The van der Waals surface area contributed by atoms with Gasteiger partial charge in [-0.2, -0.15) is 0 Å². The second kappa shape index (κ2) is 7.09. The summed E-state index contributed by atoms with van der Waals surface area (Å²) in [5.74, 6) is 0.00726. The van der Waals surface area contributed by atoms with E-state index in [9.17, 15) is 9.90 Å². The van der Waals surface area contributed by atoms with Gasteiger partial charge >= 0.3 is 0 Å². The zero-order valence-corrected chi connectivity index (χ0v) is 14.1. The number of para-hydroxylation sites is 1. The molecular formula is C18H20N6O2. The van der Waals surface area contributed by atoms with Gasteiger partial charge in [0, 0.05) is 18.9 Å². The van der Waals surface area contributed by atoms with Crippen molar-refractivity contribution < 1.29 is 9.90 Å². The lowest BCUT2D eigenvalue weighted by Crippen LogP contribution is -2.40. The van der Waals surface area contributed by atoms with Crippen molar-refractivity contribution in [3.8, 4) is 5.69 Å². The molecule has 0 spiro atoms. The number of nitrogens with zero attached hydrogens (tertiary/aromatic N) is 5. The minimum absolute atomic E-state index is 0.282. The number of nitrogens with one attached hydrogen (secondary N) is 1. The Labute approximate surface area is 150 Å². The van der Waals surface area contributed by atoms with E-state index in [-0.39, 0.29) is 11.9 Å². The van der Waals surface area contributed by atoms with Gasteiger partial charge < -0.3 is 15.0 Å². The van der Waals surface area contributed by atoms with Crippen molar-refractivity contribution in [1.82, 2.24) is 29.9 Å². The van der Waals surface area contributed by atoms with Crippen LogP contribution in [0.3, 0.4) is 0 Å². The summed E-state index contributed by atoms with van der Waals surface area (Å²) in [4.78, 5) is 16.7. The average molecular weight is 352 g/mol. The number of carbonyl (C=O) groups excluding carboxylic acids is 1. The number of carbonyl (C=O) groups is 1. The highest BCUT2D eigenvalue weighted by molar-refractivity contribution is 5.93. The maximum atomic E-state index is 12.7. The SMILES string of the molecule is O=C(N[C@@H]1CC(Cn2ccnc2)C[C@H]1O)c1cnnn1-c1ccccc1. The molecule has 2 aromatic heterocycles. The molecule has 2 heterocycles. The third kappa shape index (κ3) is 3.36. The summed E-state index contributed by atoms with van der Waals surface area (Å²) in [5.41, 5.74) is 1.11. The molecule has 4 rings (SSSR count). The topological polar surface area (TPSA) is 97.9 Å². The molecule has 134 valence electrons. The Bertz CT molecular complexity index is 861. The van der Waals surface area contributed by atoms with Crippen LogP contribution >= 0.6 is 0 Å². The van der Waals surface area contributed by atoms with Crippen LogP contribution in [0.25, 0.3) is 5.69 Å². The number of rotatable bonds is 5. The van der Waals surface area contributed by atoms with Crippen LogP contribution in [0, 0.1) is 5.92 Å². The number of benzene rings is 1. The zero-order chi connectivity index (χ0) is 17.9. The molecule has 1 unspecified atom stereocenters. The Kier molecular flexibility index (Phi) is 4.49. The molecular weight excluding hydrogens is 332 g/mol. The van der Waals surface area contributed by atoms with E-state index < -0.39 is 6.10 Å². The molecule has 1 saturated carbocycles. The predicted molar refractivity (Wildman–Crippen MR) is 93.6 cm³/mol. The van der Waals surface area contributed by atoms with Crippen LogP contribution in [0.5, 0.6) is 0 Å². The van der Waals surface area contributed by atoms with Crippen LogP contribution in [-0.2, 0) is 6.54 Å². The molecule has 3 aromatic rings. The molecule has 3 atom stereocenters. The molecule has 8 heteroatoms. The first-order valence-electron chi connectivity index (χ1n) is 8.61. The van der Waals surface area contributed by atoms with Crippen molar-refractivity contribution in [2.45, 2.75) is 31.5 Å². The summed E-state index contributed by atoms with van der Waals surface area (Å²) in [6, 6.07) is 9.08. The van der Waals surface area contributed by atoms with Gasteiger partial charge in [-0.15, -0.1) is 5.10 Å². The van der Waals surface area contributed by atoms with Gasteiger partial charge in [-0.05, 0) is 30.9 Å². The van der Waals surface area contributed by atoms with Gasteiger partial charge in [-0.3, -0.25) is 4.79 Å². The molecule has 1 fully saturated rings. The lowest BCUT2D eigenvalue weighted by atomic mass is 10.1. The maximum absolute atomic E-state index is 12.7. The highest BCUT2D eigenvalue weighted by Crippen LogP contribution is 2.28. The van der Waals surface area contributed by atoms with E-state index in [1.807, 2.05) is 41.1 Å². The van der Waals surface area contributed by atoms with Gasteiger partial charge in [-0.25, -0.2) is 9.67 Å². The minimum Gasteiger partial charge on any atom is -0.391 e. The van der Waals surface area contributed by atoms with E-state index in [2.05, 4.69) is 20.6 Å². The van der Waals surface area contributed by atoms with Crippen molar-refractivity contribution in [3.63, 3.8) is 0 Å². The fourth-order valence-corrected chi connectivity index (χ4v) is 3.51. The lowest BCUT2D eigenvalue weighted by Gasteiger charge is -2.16. The molecule has 0 aliphatic heterocycles. The Morgan fingerprint density at radius 3 is 2.88 bits per heavy atom. The molecule has 1 aliphatic carbocycles. The van der Waals surface area contributed by atoms with Crippen LogP contribution in [0.2, 0.25) is 0 Å². The Morgan fingerprint density at radius 2 is 2.12 bits per heavy atom. The van der Waals surface area contributed by atoms with Gasteiger partial charge in [0.2, 0.25) is 0 Å². The van der Waals surface area contributed by atoms with Crippen LogP contribution in [0.4, 0.5) is 0 Å². The number of hydrogen-bond acceptors (Lipinski definition) is 5. The predicted octanol–water partition coefficient (Wildman–Crippen LogP) is 1.03. The molecule has 8 nitrogen and oxygen atoms in total. The fourth-order valence-electron chi connectivity index (χ4n) is 3.51. The number of imidazole rings is 1. The van der Waals surface area contributed by atoms with Crippen LogP contribution in [0.1, 0.15) is 23.3 Å². The highest BCUT2D eigenvalue weighted by Gasteiger charge is 2.34. The quantitative estimate of drug-likeness (QED) is 0.715. The van der Waals surface area contributed by atoms with E-state index in [0.717, 1.165) is 18.7 Å². The number of aromatic nitrogens is 5. The van der Waals surface area contributed by atoms with Crippen molar-refractivity contribution >= 4 is 5.91 Å². The zero-order valence-electron chi connectivity index (χ0n) is 14.1. The summed E-state index contributed by atoms with van der Waals surface area (Å²) in [7, 11) is 0. The van der Waals surface area contributed by atoms with Crippen LogP contribution in [0.15, 0.2) is 55.2 Å². The average Bonchev–Trinajstić information content (AvgIpc) is 3.38. The first-order chi connectivity index (χ1) is 12.7. The second-order valence-corrected chi connectivity index (χ2v) is 6.61. The summed E-state index contributed by atoms with van der Waals surface area (Å²) in [6.45, 7) is 0.785. The number of aliphatic hydroxyl groups is 1. The van der Waals surface area contributed by atoms with Gasteiger partial charge in [0.15, 0.2) is 5.69 Å². The molecule has 0 radical (unpaired) electrons. The fraction of sp³-hybridized carbons (Fsp3) is 0.333. The molecule has 2 N–H and O–H groups in total. The largest absolute Gasteiger partial charge is 0.391 e. The van der Waals surface area contributed by atoms with E-state index >= 15 is 0 Å². The Hall–Kier alpha value is -3.00. The standard InChI is InChI=1S/C18H20N6O2/c25-17-9-13(11-23-7-6-19-12-23)8-15(17)21-18(26)16-10-20-22-24(16)14-4-2-1-3-5-14/h1-7,10,12-13,15,17,25H,8-9,11H2,(H,21,26)/t13?,15-,17-/m1/s1. The van der Waals surface area contributed by atoms with Crippen molar-refractivity contribution in [3.05, 3.63) is 60.9 Å². The first-order valence-corrected chi connectivity index (χ1v) is 8.61. The Morgan fingerprint density at radius 1 is 1.27 bits per heavy atom. The lowest BCUT2D eigenvalue weighted by molar-refractivity contribution is 0.0865. The molecule has 26 heavy (non-hydrogen) atoms. The third-order valence-corrected chi connectivity index (χ3v) is 4.75. The number of amides is 1. The normalized spacial score (nSPS) is 22.4. The van der Waals surface area contributed by atoms with Gasteiger partial charge in [0.05, 0.1) is 30.4 Å². The summed E-state index contributed by atoms with van der Waals surface area (Å²) < 4.78 is 3.50. The minimum atomic E-state index is -0.562. The monoisotopic (exact) mass is 352 g/mol. The smallest absolute Gasteiger partial charge is 0.272 e. The van der Waals surface area contributed by atoms with Crippen LogP contribution < -0.4 is 5.32 Å². The second-order valence-electron chi connectivity index (χ2n) is 6.61. The van der Waals surface area contributed by atoms with E-state index in [1.54, 1.807) is 12.5 Å². The first kappa shape index (κ1) is 16.5. The summed E-state index contributed by atoms with van der Waals surface area (Å²) in [6.07, 6.45) is 7.66. The molecule has 1 aliphatic rings. The Balaban J connectivity index is 1.43. The van der Waals surface area contributed by atoms with Gasteiger partial charge in [0.25, 0.3) is 5.91 Å². The van der Waals surface area contributed by atoms with E-state index in [4.69, 9.17) is 0 Å². The summed E-state index contributed by atoms with van der Waals surface area (Å²) >= 11 is 0. The number of aliphatic hydroxyl groups excluding tert-OH is 1. The highest BCUT2D eigenvalue weighted by atomic mass is 16.3. The molecule has 1 amide bonds. The molecule has 1 aromatic carbocycles. The van der Waals surface area contributed by atoms with Crippen LogP contribution in [-0.4, -0.2) is 47.7 Å². The van der Waals surface area contributed by atoms with Crippen molar-refractivity contribution in [1.29, 1.82) is 0 Å². The third-order valence-electron chi connectivity index (χ3n) is 4.75. The van der Waals surface area contributed by atoms with E-state index in [1.165, 1.54) is 10.9 Å². The molecule has 0 saturated heterocycles. The van der Waals surface area contributed by atoms with Gasteiger partial charge in [-0.1, -0.05) is 23.4 Å². The maximum Gasteiger partial charge on any atom is 0.272 e. The summed E-state index contributed by atoms with van der Waals surface area (Å²) in [5, 5.41) is 21.1.